The Kier molecular flexibility index (Phi) is 5.08. The van der Waals surface area contributed by atoms with Crippen LogP contribution in [0.2, 0.25) is 0 Å². The lowest BCUT2D eigenvalue weighted by Crippen LogP contribution is -3.10. The van der Waals surface area contributed by atoms with E-state index in [0.29, 0.717) is 18.7 Å². The van der Waals surface area contributed by atoms with Gasteiger partial charge >= 0.3 is 5.63 Å². The molecule has 3 aromatic carbocycles. The lowest BCUT2D eigenvalue weighted by molar-refractivity contribution is -0.945. The van der Waals surface area contributed by atoms with Crippen molar-refractivity contribution in [2.75, 3.05) is 6.73 Å². The van der Waals surface area contributed by atoms with Crippen LogP contribution >= 0.6 is 0 Å². The molecule has 0 fully saturated rings. The van der Waals surface area contributed by atoms with Gasteiger partial charge < -0.3 is 9.15 Å². The van der Waals surface area contributed by atoms with Crippen LogP contribution in [0.4, 0.5) is 0 Å². The van der Waals surface area contributed by atoms with Gasteiger partial charge in [0.15, 0.2) is 0 Å². The summed E-state index contributed by atoms with van der Waals surface area (Å²) in [5, 5.41) is 1.01. The van der Waals surface area contributed by atoms with Crippen molar-refractivity contribution in [1.82, 2.24) is 0 Å². The van der Waals surface area contributed by atoms with Gasteiger partial charge in [0, 0.05) is 34.1 Å². The molecule has 0 radical (unpaired) electrons. The molecule has 156 valence electrons. The van der Waals surface area contributed by atoms with Crippen LogP contribution in [0.1, 0.15) is 33.4 Å². The van der Waals surface area contributed by atoms with Gasteiger partial charge in [0.2, 0.25) is 6.73 Å². The van der Waals surface area contributed by atoms with Gasteiger partial charge in [-0.15, -0.1) is 0 Å². The minimum absolute atomic E-state index is 0.260. The van der Waals surface area contributed by atoms with Gasteiger partial charge in [0.25, 0.3) is 0 Å². The fourth-order valence-corrected chi connectivity index (χ4v) is 4.56. The number of fused-ring (bicyclic) bond motifs is 2. The second-order valence-corrected chi connectivity index (χ2v) is 8.40. The maximum Gasteiger partial charge on any atom is 0.340 e. The van der Waals surface area contributed by atoms with Crippen LogP contribution in [0.15, 0.2) is 75.9 Å². The van der Waals surface area contributed by atoms with Gasteiger partial charge in [-0.3, -0.25) is 4.90 Å². The van der Waals surface area contributed by atoms with Crippen LogP contribution in [0.3, 0.4) is 0 Å². The smallest absolute Gasteiger partial charge is 0.340 e. The Hall–Kier alpha value is -3.37. The summed E-state index contributed by atoms with van der Waals surface area (Å²) >= 11 is 0. The minimum Gasteiger partial charge on any atom is -0.444 e. The highest BCUT2D eigenvalue weighted by Gasteiger charge is 2.26. The lowest BCUT2D eigenvalue weighted by Gasteiger charge is -2.28. The Morgan fingerprint density at radius 3 is 2.29 bits per heavy atom. The summed E-state index contributed by atoms with van der Waals surface area (Å²) in [5.41, 5.74) is 6.60. The molecule has 4 heteroatoms. The van der Waals surface area contributed by atoms with Gasteiger partial charge in [-0.25, -0.2) is 4.79 Å². The molecule has 4 nitrogen and oxygen atoms in total. The Balaban J connectivity index is 1.53. The highest BCUT2D eigenvalue weighted by atomic mass is 16.5. The van der Waals surface area contributed by atoms with E-state index in [2.05, 4.69) is 30.3 Å². The topological polar surface area (TPSA) is 43.9 Å². The van der Waals surface area contributed by atoms with E-state index >= 15 is 0 Å². The molecular formula is C27H26NO3+. The predicted octanol–water partition coefficient (Wildman–Crippen LogP) is 3.94. The normalized spacial score (nSPS) is 15.5. The van der Waals surface area contributed by atoms with E-state index in [9.17, 15) is 4.79 Å². The third-order valence-electron chi connectivity index (χ3n) is 6.22. The first kappa shape index (κ1) is 19.6. The summed E-state index contributed by atoms with van der Waals surface area (Å²) in [5.74, 6) is 0.864. The predicted molar refractivity (Wildman–Crippen MR) is 122 cm³/mol. The zero-order chi connectivity index (χ0) is 21.4. The van der Waals surface area contributed by atoms with Crippen molar-refractivity contribution in [3.05, 3.63) is 111 Å². The summed E-state index contributed by atoms with van der Waals surface area (Å²) in [6, 6.07) is 22.7. The zero-order valence-electron chi connectivity index (χ0n) is 17.9. The van der Waals surface area contributed by atoms with Crippen molar-refractivity contribution in [2.24, 2.45) is 0 Å². The first-order chi connectivity index (χ1) is 15.1. The first-order valence-electron chi connectivity index (χ1n) is 10.7. The molecular weight excluding hydrogens is 386 g/mol. The maximum atomic E-state index is 12.8. The summed E-state index contributed by atoms with van der Waals surface area (Å²) in [6.45, 7) is 6.42. The van der Waals surface area contributed by atoms with Gasteiger partial charge in [0.1, 0.15) is 24.4 Å². The monoisotopic (exact) mass is 412 g/mol. The van der Waals surface area contributed by atoms with Crippen molar-refractivity contribution in [1.29, 1.82) is 0 Å². The molecule has 5 rings (SSSR count). The number of hydrogen-bond acceptors (Lipinski definition) is 3. The summed E-state index contributed by atoms with van der Waals surface area (Å²) in [6.07, 6.45) is 0.572. The quantitative estimate of drug-likeness (QED) is 0.517. The number of nitrogens with one attached hydrogen (secondary N) is 1. The standard InChI is InChI=1S/C27H25NO3/c1-18-23-14-22-16-28(15-21-11-7-4-8-12-21)17-30-25(22)19(2)26(23)31-27(29)24(18)13-20-9-5-3-6-10-20/h3-12,14H,13,15-17H2,1-2H3/p+1. The van der Waals surface area contributed by atoms with Crippen molar-refractivity contribution >= 4 is 11.0 Å². The van der Waals surface area contributed by atoms with Gasteiger partial charge in [-0.2, -0.15) is 0 Å². The van der Waals surface area contributed by atoms with Crippen molar-refractivity contribution in [3.63, 3.8) is 0 Å². The fraction of sp³-hybridized carbons (Fsp3) is 0.222. The molecule has 31 heavy (non-hydrogen) atoms. The largest absolute Gasteiger partial charge is 0.444 e. The average Bonchev–Trinajstić information content (AvgIpc) is 2.79. The second-order valence-electron chi connectivity index (χ2n) is 8.40. The second kappa shape index (κ2) is 8.05. The summed E-state index contributed by atoms with van der Waals surface area (Å²) in [7, 11) is 0. The molecule has 1 aromatic heterocycles. The van der Waals surface area contributed by atoms with Crippen LogP contribution in [-0.4, -0.2) is 6.73 Å². The van der Waals surface area contributed by atoms with Crippen LogP contribution in [-0.2, 0) is 19.5 Å². The molecule has 0 saturated heterocycles. The van der Waals surface area contributed by atoms with E-state index in [1.165, 1.54) is 16.0 Å². The molecule has 0 saturated carbocycles. The number of rotatable bonds is 4. The van der Waals surface area contributed by atoms with Crippen molar-refractivity contribution in [2.45, 2.75) is 33.4 Å². The maximum absolute atomic E-state index is 12.8. The first-order valence-corrected chi connectivity index (χ1v) is 10.7. The number of aryl methyl sites for hydroxylation is 2. The lowest BCUT2D eigenvalue weighted by atomic mass is 9.96. The molecule has 1 atom stereocenters. The van der Waals surface area contributed by atoms with E-state index in [-0.39, 0.29) is 5.63 Å². The minimum atomic E-state index is -0.260. The number of ether oxygens (including phenoxy) is 1. The Morgan fingerprint density at radius 2 is 1.58 bits per heavy atom. The highest BCUT2D eigenvalue weighted by Crippen LogP contribution is 2.34. The zero-order valence-corrected chi connectivity index (χ0v) is 17.9. The van der Waals surface area contributed by atoms with Crippen LogP contribution in [0.25, 0.3) is 11.0 Å². The third kappa shape index (κ3) is 3.75. The number of quaternary nitrogens is 1. The van der Waals surface area contributed by atoms with Crippen molar-refractivity contribution < 1.29 is 14.1 Å². The Labute approximate surface area is 181 Å². The molecule has 1 unspecified atom stereocenters. The Bertz CT molecular complexity index is 1290. The molecule has 0 bridgehead atoms. The van der Waals surface area contributed by atoms with Gasteiger partial charge in [-0.05, 0) is 31.0 Å². The van der Waals surface area contributed by atoms with Gasteiger partial charge in [0.05, 0.1) is 0 Å². The van der Waals surface area contributed by atoms with Crippen molar-refractivity contribution in [3.8, 4) is 5.75 Å². The van der Waals surface area contributed by atoms with Crippen LogP contribution in [0, 0.1) is 13.8 Å². The van der Waals surface area contributed by atoms with Crippen LogP contribution < -0.4 is 15.3 Å². The molecule has 1 N–H and O–H groups in total. The van der Waals surface area contributed by atoms with E-state index in [0.717, 1.165) is 46.5 Å². The molecule has 4 aromatic rings. The van der Waals surface area contributed by atoms with E-state index in [1.54, 1.807) is 0 Å². The Morgan fingerprint density at radius 1 is 0.903 bits per heavy atom. The number of benzene rings is 3. The van der Waals surface area contributed by atoms with Crippen LogP contribution in [0.5, 0.6) is 5.75 Å². The fourth-order valence-electron chi connectivity index (χ4n) is 4.56. The molecule has 0 aliphatic carbocycles. The van der Waals surface area contributed by atoms with Gasteiger partial charge in [-0.1, -0.05) is 60.7 Å². The highest BCUT2D eigenvalue weighted by molar-refractivity contribution is 5.87. The molecule has 2 heterocycles. The van der Waals surface area contributed by atoms with E-state index in [1.807, 2.05) is 50.2 Å². The summed E-state index contributed by atoms with van der Waals surface area (Å²) < 4.78 is 12.0. The molecule has 1 aliphatic heterocycles. The molecule has 1 aliphatic rings. The third-order valence-corrected chi connectivity index (χ3v) is 6.22. The molecule has 0 amide bonds. The van der Waals surface area contributed by atoms with E-state index in [4.69, 9.17) is 9.15 Å². The average molecular weight is 413 g/mol. The number of hydrogen-bond donors (Lipinski definition) is 1. The van der Waals surface area contributed by atoms with E-state index < -0.39 is 0 Å². The SMILES string of the molecule is Cc1c(Cc2ccccc2)c(=O)oc2c(C)c3c(cc12)C[NH+](Cc1ccccc1)CO3. The summed E-state index contributed by atoms with van der Waals surface area (Å²) in [4.78, 5) is 14.2. The molecule has 0 spiro atoms.